The SMILES string of the molecule is Cc1sc(NC(=O)Cc2cccs2)nc1-c1ccc2c(c1)CC(C)N2S(C)(=O)=O. The van der Waals surface area contributed by atoms with Crippen molar-refractivity contribution in [3.05, 3.63) is 51.0 Å². The molecular weight excluding hydrogens is 426 g/mol. The van der Waals surface area contributed by atoms with Gasteiger partial charge in [-0.05, 0) is 49.4 Å². The predicted molar refractivity (Wildman–Crippen MR) is 119 cm³/mol. The monoisotopic (exact) mass is 447 g/mol. The zero-order valence-electron chi connectivity index (χ0n) is 16.3. The van der Waals surface area contributed by atoms with Crippen LogP contribution in [0.25, 0.3) is 11.3 Å². The zero-order valence-corrected chi connectivity index (χ0v) is 18.7. The van der Waals surface area contributed by atoms with Crippen LogP contribution < -0.4 is 9.62 Å². The quantitative estimate of drug-likeness (QED) is 0.639. The lowest BCUT2D eigenvalue weighted by Gasteiger charge is -2.21. The van der Waals surface area contributed by atoms with E-state index in [0.29, 0.717) is 18.0 Å². The molecule has 3 heterocycles. The van der Waals surface area contributed by atoms with Gasteiger partial charge in [-0.1, -0.05) is 12.1 Å². The smallest absolute Gasteiger partial charge is 0.232 e. The number of aromatic nitrogens is 1. The average molecular weight is 448 g/mol. The second-order valence-electron chi connectivity index (χ2n) is 7.18. The Morgan fingerprint density at radius 1 is 1.34 bits per heavy atom. The number of carbonyl (C=O) groups is 1. The lowest BCUT2D eigenvalue weighted by atomic mass is 10.0. The van der Waals surface area contributed by atoms with Gasteiger partial charge in [0.15, 0.2) is 5.13 Å². The van der Waals surface area contributed by atoms with E-state index in [1.165, 1.54) is 21.9 Å². The molecule has 0 bridgehead atoms. The standard InChI is InChI=1S/C20H21N3O3S3/c1-12-9-15-10-14(6-7-17(15)23(12)29(3,25)26)19-13(2)28-20(22-19)21-18(24)11-16-5-4-8-27-16/h4-8,10,12H,9,11H2,1-3H3,(H,21,22,24). The number of thiazole rings is 1. The number of hydrogen-bond donors (Lipinski definition) is 1. The van der Waals surface area contributed by atoms with Gasteiger partial charge in [0.25, 0.3) is 0 Å². The normalized spacial score (nSPS) is 16.1. The number of hydrogen-bond acceptors (Lipinski definition) is 6. The second kappa shape index (κ2) is 7.55. The number of nitrogens with one attached hydrogen (secondary N) is 1. The number of rotatable bonds is 5. The van der Waals surface area contributed by atoms with E-state index in [1.807, 2.05) is 49.6 Å². The fraction of sp³-hybridized carbons (Fsp3) is 0.300. The summed E-state index contributed by atoms with van der Waals surface area (Å²) in [6, 6.07) is 9.53. The Labute approximate surface area is 178 Å². The molecule has 6 nitrogen and oxygen atoms in total. The molecule has 0 spiro atoms. The highest BCUT2D eigenvalue weighted by Crippen LogP contribution is 2.38. The first-order valence-electron chi connectivity index (χ1n) is 9.15. The van der Waals surface area contributed by atoms with Crippen molar-refractivity contribution in [3.8, 4) is 11.3 Å². The van der Waals surface area contributed by atoms with Crippen molar-refractivity contribution < 1.29 is 13.2 Å². The van der Waals surface area contributed by atoms with Crippen LogP contribution >= 0.6 is 22.7 Å². The lowest BCUT2D eigenvalue weighted by Crippen LogP contribution is -2.34. The Hall–Kier alpha value is -2.23. The molecule has 1 aliphatic heterocycles. The third-order valence-electron chi connectivity index (χ3n) is 4.82. The highest BCUT2D eigenvalue weighted by atomic mass is 32.2. The third kappa shape index (κ3) is 4.08. The summed E-state index contributed by atoms with van der Waals surface area (Å²) >= 11 is 3.00. The van der Waals surface area contributed by atoms with Crippen LogP contribution in [0.5, 0.6) is 0 Å². The van der Waals surface area contributed by atoms with Crippen LogP contribution in [0.1, 0.15) is 22.2 Å². The van der Waals surface area contributed by atoms with Gasteiger partial charge in [-0.25, -0.2) is 13.4 Å². The Morgan fingerprint density at radius 3 is 2.83 bits per heavy atom. The Morgan fingerprint density at radius 2 is 2.14 bits per heavy atom. The molecule has 1 unspecified atom stereocenters. The first-order valence-corrected chi connectivity index (χ1v) is 12.7. The summed E-state index contributed by atoms with van der Waals surface area (Å²) in [7, 11) is -3.31. The van der Waals surface area contributed by atoms with Gasteiger partial charge in [0.05, 0.1) is 24.1 Å². The largest absolute Gasteiger partial charge is 0.302 e. The maximum absolute atomic E-state index is 12.3. The van der Waals surface area contributed by atoms with Gasteiger partial charge >= 0.3 is 0 Å². The fourth-order valence-electron chi connectivity index (χ4n) is 3.71. The molecule has 0 saturated heterocycles. The maximum atomic E-state index is 12.3. The summed E-state index contributed by atoms with van der Waals surface area (Å²) in [5, 5.41) is 5.41. The minimum Gasteiger partial charge on any atom is -0.302 e. The van der Waals surface area contributed by atoms with Gasteiger partial charge in [0, 0.05) is 21.4 Å². The number of anilines is 2. The summed E-state index contributed by atoms with van der Waals surface area (Å²) in [5.74, 6) is -0.0840. The third-order valence-corrected chi connectivity index (χ3v) is 7.85. The molecule has 0 saturated carbocycles. The molecule has 152 valence electrons. The van der Waals surface area contributed by atoms with Crippen LogP contribution in [0.3, 0.4) is 0 Å². The lowest BCUT2D eigenvalue weighted by molar-refractivity contribution is -0.115. The first-order chi connectivity index (χ1) is 13.7. The highest BCUT2D eigenvalue weighted by Gasteiger charge is 2.32. The number of carbonyl (C=O) groups excluding carboxylic acids is 1. The predicted octanol–water partition coefficient (Wildman–Crippen LogP) is 4.07. The maximum Gasteiger partial charge on any atom is 0.232 e. The molecule has 1 atom stereocenters. The summed E-state index contributed by atoms with van der Waals surface area (Å²) < 4.78 is 25.7. The minimum atomic E-state index is -3.31. The number of fused-ring (bicyclic) bond motifs is 1. The van der Waals surface area contributed by atoms with Gasteiger partial charge in [-0.15, -0.1) is 22.7 Å². The number of amides is 1. The molecule has 1 amide bonds. The van der Waals surface area contributed by atoms with E-state index in [0.717, 1.165) is 32.3 Å². The van der Waals surface area contributed by atoms with E-state index in [-0.39, 0.29) is 11.9 Å². The van der Waals surface area contributed by atoms with Gasteiger partial charge in [-0.2, -0.15) is 0 Å². The van der Waals surface area contributed by atoms with Crippen LogP contribution in [-0.2, 0) is 27.7 Å². The van der Waals surface area contributed by atoms with Gasteiger partial charge in [0.2, 0.25) is 15.9 Å². The summed E-state index contributed by atoms with van der Waals surface area (Å²) in [4.78, 5) is 18.9. The highest BCUT2D eigenvalue weighted by molar-refractivity contribution is 7.92. The molecule has 2 aromatic heterocycles. The van der Waals surface area contributed by atoms with Crippen LogP contribution in [0, 0.1) is 6.92 Å². The van der Waals surface area contributed by atoms with Crippen molar-refractivity contribution in [1.82, 2.24) is 4.98 Å². The molecular formula is C20H21N3O3S3. The molecule has 1 aromatic carbocycles. The van der Waals surface area contributed by atoms with Crippen LogP contribution in [-0.4, -0.2) is 31.6 Å². The summed E-state index contributed by atoms with van der Waals surface area (Å²) in [6.45, 7) is 3.89. The number of nitrogens with zero attached hydrogens (tertiary/aromatic N) is 2. The van der Waals surface area contributed by atoms with Gasteiger partial charge in [-0.3, -0.25) is 9.10 Å². The molecule has 0 fully saturated rings. The Kier molecular flexibility index (Phi) is 5.22. The van der Waals surface area contributed by atoms with Gasteiger partial charge < -0.3 is 5.32 Å². The number of thiophene rings is 1. The fourth-order valence-corrected chi connectivity index (χ4v) is 6.53. The summed E-state index contributed by atoms with van der Waals surface area (Å²) in [6.07, 6.45) is 2.25. The molecule has 0 radical (unpaired) electrons. The molecule has 0 aliphatic carbocycles. The Balaban J connectivity index is 1.57. The molecule has 29 heavy (non-hydrogen) atoms. The zero-order chi connectivity index (χ0) is 20.8. The minimum absolute atomic E-state index is 0.0840. The number of sulfonamides is 1. The molecule has 3 aromatic rings. The van der Waals surface area contributed by atoms with E-state index in [2.05, 4.69) is 10.3 Å². The van der Waals surface area contributed by atoms with Crippen molar-refractivity contribution in [3.63, 3.8) is 0 Å². The topological polar surface area (TPSA) is 79.4 Å². The number of benzene rings is 1. The van der Waals surface area contributed by atoms with Crippen molar-refractivity contribution in [1.29, 1.82) is 0 Å². The van der Waals surface area contributed by atoms with Crippen molar-refractivity contribution in [2.75, 3.05) is 15.9 Å². The van der Waals surface area contributed by atoms with Crippen LogP contribution in [0.15, 0.2) is 35.7 Å². The average Bonchev–Trinajstić information content (AvgIpc) is 3.31. The first kappa shape index (κ1) is 20.1. The van der Waals surface area contributed by atoms with E-state index >= 15 is 0 Å². The van der Waals surface area contributed by atoms with E-state index < -0.39 is 10.0 Å². The van der Waals surface area contributed by atoms with E-state index in [9.17, 15) is 13.2 Å². The van der Waals surface area contributed by atoms with Crippen LogP contribution in [0.4, 0.5) is 10.8 Å². The Bertz CT molecular complexity index is 1170. The molecule has 1 N–H and O–H groups in total. The molecule has 9 heteroatoms. The summed E-state index contributed by atoms with van der Waals surface area (Å²) in [5.41, 5.74) is 3.48. The van der Waals surface area contributed by atoms with Gasteiger partial charge in [0.1, 0.15) is 0 Å². The van der Waals surface area contributed by atoms with Crippen molar-refractivity contribution in [2.24, 2.45) is 0 Å². The number of aryl methyl sites for hydroxylation is 1. The van der Waals surface area contributed by atoms with Crippen molar-refractivity contribution in [2.45, 2.75) is 32.7 Å². The van der Waals surface area contributed by atoms with Crippen LogP contribution in [0.2, 0.25) is 0 Å². The molecule has 4 rings (SSSR count). The van der Waals surface area contributed by atoms with E-state index in [4.69, 9.17) is 0 Å². The molecule has 1 aliphatic rings. The van der Waals surface area contributed by atoms with E-state index in [1.54, 1.807) is 11.3 Å². The van der Waals surface area contributed by atoms with Crippen molar-refractivity contribution >= 4 is 49.4 Å². The second-order valence-corrected chi connectivity index (χ2v) is 11.3.